The Balaban J connectivity index is 2.52. The van der Waals surface area contributed by atoms with E-state index < -0.39 is 0 Å². The van der Waals surface area contributed by atoms with Crippen molar-refractivity contribution in [2.75, 3.05) is 14.2 Å². The van der Waals surface area contributed by atoms with Crippen molar-refractivity contribution >= 4 is 17.1 Å². The van der Waals surface area contributed by atoms with Crippen LogP contribution in [0.1, 0.15) is 15.9 Å². The first kappa shape index (κ1) is 15.1. The highest BCUT2D eigenvalue weighted by atomic mass is 16.5. The number of carbonyl (C=O) groups excluding carboxylic acids is 1. The molecule has 3 aromatic rings. The van der Waals surface area contributed by atoms with Crippen molar-refractivity contribution in [3.63, 3.8) is 0 Å². The van der Waals surface area contributed by atoms with Gasteiger partial charge in [-0.15, -0.1) is 0 Å². The molecule has 0 aliphatic heterocycles. The molecule has 116 valence electrons. The predicted octanol–water partition coefficient (Wildman–Crippen LogP) is 4.64. The van der Waals surface area contributed by atoms with Crippen LogP contribution in [0.5, 0.6) is 11.5 Å². The van der Waals surface area contributed by atoms with Crippen LogP contribution in [0.25, 0.3) is 21.9 Å². The third kappa shape index (κ3) is 2.44. The van der Waals surface area contributed by atoms with E-state index in [1.165, 1.54) is 0 Å². The Labute approximate surface area is 135 Å². The summed E-state index contributed by atoms with van der Waals surface area (Å²) >= 11 is 0. The minimum atomic E-state index is 0.560. The van der Waals surface area contributed by atoms with Gasteiger partial charge in [-0.25, -0.2) is 0 Å². The SMILES string of the molecule is COc1cc(C=O)c2c(C)ccc(-c3ccccc3)c2c1OC. The zero-order chi connectivity index (χ0) is 16.4. The van der Waals surface area contributed by atoms with Gasteiger partial charge in [0.25, 0.3) is 0 Å². The summed E-state index contributed by atoms with van der Waals surface area (Å²) < 4.78 is 11.1. The maximum atomic E-state index is 11.6. The minimum absolute atomic E-state index is 0.560. The fourth-order valence-electron chi connectivity index (χ4n) is 3.02. The van der Waals surface area contributed by atoms with Gasteiger partial charge in [-0.05, 0) is 35.1 Å². The summed E-state index contributed by atoms with van der Waals surface area (Å²) in [5.74, 6) is 1.21. The van der Waals surface area contributed by atoms with Crippen LogP contribution in [0, 0.1) is 6.92 Å². The Kier molecular flexibility index (Phi) is 4.02. The van der Waals surface area contributed by atoms with E-state index in [4.69, 9.17) is 9.47 Å². The third-order valence-electron chi connectivity index (χ3n) is 4.08. The third-order valence-corrected chi connectivity index (χ3v) is 4.08. The van der Waals surface area contributed by atoms with Crippen LogP contribution in [0.15, 0.2) is 48.5 Å². The molecule has 0 unspecified atom stereocenters. The van der Waals surface area contributed by atoms with Crippen LogP contribution in [-0.4, -0.2) is 20.5 Å². The van der Waals surface area contributed by atoms with E-state index in [0.717, 1.165) is 33.7 Å². The summed E-state index contributed by atoms with van der Waals surface area (Å²) in [7, 11) is 3.20. The molecule has 0 atom stereocenters. The Bertz CT molecular complexity index is 867. The summed E-state index contributed by atoms with van der Waals surface area (Å²) in [6, 6.07) is 15.9. The van der Waals surface area contributed by atoms with Crippen LogP contribution in [0.3, 0.4) is 0 Å². The molecule has 0 aliphatic rings. The molecule has 23 heavy (non-hydrogen) atoms. The van der Waals surface area contributed by atoms with Gasteiger partial charge in [0.1, 0.15) is 0 Å². The second kappa shape index (κ2) is 6.13. The van der Waals surface area contributed by atoms with E-state index in [1.807, 2.05) is 43.3 Å². The predicted molar refractivity (Wildman–Crippen MR) is 92.6 cm³/mol. The van der Waals surface area contributed by atoms with Crippen LogP contribution in [0.4, 0.5) is 0 Å². The Morgan fingerprint density at radius 3 is 2.26 bits per heavy atom. The summed E-state index contributed by atoms with van der Waals surface area (Å²) in [6.45, 7) is 2.00. The highest BCUT2D eigenvalue weighted by Crippen LogP contribution is 2.43. The molecule has 0 bridgehead atoms. The second-order valence-corrected chi connectivity index (χ2v) is 5.37. The molecule has 3 heteroatoms. The van der Waals surface area contributed by atoms with Crippen molar-refractivity contribution in [3.05, 3.63) is 59.7 Å². The average molecular weight is 306 g/mol. The number of hydrogen-bond acceptors (Lipinski definition) is 3. The molecule has 0 spiro atoms. The maximum Gasteiger partial charge on any atom is 0.169 e. The lowest BCUT2D eigenvalue weighted by molar-refractivity contribution is 0.112. The molecule has 3 nitrogen and oxygen atoms in total. The molecule has 0 fully saturated rings. The van der Waals surface area contributed by atoms with E-state index in [9.17, 15) is 4.79 Å². The molecule has 0 aliphatic carbocycles. The molecular weight excluding hydrogens is 288 g/mol. The fourth-order valence-corrected chi connectivity index (χ4v) is 3.02. The van der Waals surface area contributed by atoms with Gasteiger partial charge in [0.15, 0.2) is 17.8 Å². The lowest BCUT2D eigenvalue weighted by atomic mass is 9.92. The van der Waals surface area contributed by atoms with Crippen molar-refractivity contribution in [1.29, 1.82) is 0 Å². The molecule has 0 saturated heterocycles. The van der Waals surface area contributed by atoms with Gasteiger partial charge < -0.3 is 9.47 Å². The van der Waals surface area contributed by atoms with Crippen molar-refractivity contribution in [2.24, 2.45) is 0 Å². The van der Waals surface area contributed by atoms with Crippen LogP contribution in [-0.2, 0) is 0 Å². The van der Waals surface area contributed by atoms with Gasteiger partial charge in [-0.2, -0.15) is 0 Å². The van der Waals surface area contributed by atoms with E-state index in [2.05, 4.69) is 6.07 Å². The molecular formula is C20H18O3. The summed E-state index contributed by atoms with van der Waals surface area (Å²) in [4.78, 5) is 11.6. The summed E-state index contributed by atoms with van der Waals surface area (Å²) in [6.07, 6.45) is 0.867. The van der Waals surface area contributed by atoms with E-state index in [1.54, 1.807) is 20.3 Å². The second-order valence-electron chi connectivity index (χ2n) is 5.37. The smallest absolute Gasteiger partial charge is 0.169 e. The lowest BCUT2D eigenvalue weighted by Crippen LogP contribution is -1.98. The Morgan fingerprint density at radius 1 is 0.913 bits per heavy atom. The normalized spacial score (nSPS) is 10.6. The molecule has 0 aromatic heterocycles. The zero-order valence-electron chi connectivity index (χ0n) is 13.4. The van der Waals surface area contributed by atoms with Gasteiger partial charge in [0.05, 0.1) is 14.2 Å². The number of methoxy groups -OCH3 is 2. The fraction of sp³-hybridized carbons (Fsp3) is 0.150. The molecule has 0 amide bonds. The van der Waals surface area contributed by atoms with Gasteiger partial charge in [-0.1, -0.05) is 42.5 Å². The zero-order valence-corrected chi connectivity index (χ0v) is 13.4. The van der Waals surface area contributed by atoms with E-state index in [0.29, 0.717) is 17.1 Å². The van der Waals surface area contributed by atoms with Gasteiger partial charge >= 0.3 is 0 Å². The number of rotatable bonds is 4. The van der Waals surface area contributed by atoms with Crippen molar-refractivity contribution in [2.45, 2.75) is 6.92 Å². The van der Waals surface area contributed by atoms with Crippen LogP contribution in [0.2, 0.25) is 0 Å². The first-order valence-corrected chi connectivity index (χ1v) is 7.40. The Morgan fingerprint density at radius 2 is 1.65 bits per heavy atom. The molecule has 0 radical (unpaired) electrons. The summed E-state index contributed by atoms with van der Waals surface area (Å²) in [5.41, 5.74) is 3.72. The first-order chi connectivity index (χ1) is 11.2. The van der Waals surface area contributed by atoms with E-state index in [-0.39, 0.29) is 0 Å². The molecule has 0 heterocycles. The Hall–Kier alpha value is -2.81. The highest BCUT2D eigenvalue weighted by molar-refractivity contribution is 6.10. The largest absolute Gasteiger partial charge is 0.493 e. The van der Waals surface area contributed by atoms with E-state index >= 15 is 0 Å². The summed E-state index contributed by atoms with van der Waals surface area (Å²) in [5, 5.41) is 1.80. The monoisotopic (exact) mass is 306 g/mol. The number of benzene rings is 3. The van der Waals surface area contributed by atoms with Crippen molar-refractivity contribution in [3.8, 4) is 22.6 Å². The molecule has 3 aromatic carbocycles. The number of aryl methyl sites for hydroxylation is 1. The highest BCUT2D eigenvalue weighted by Gasteiger charge is 2.18. The van der Waals surface area contributed by atoms with Gasteiger partial charge in [0, 0.05) is 10.9 Å². The number of carbonyl (C=O) groups is 1. The minimum Gasteiger partial charge on any atom is -0.493 e. The van der Waals surface area contributed by atoms with Gasteiger partial charge in [-0.3, -0.25) is 4.79 Å². The lowest BCUT2D eigenvalue weighted by Gasteiger charge is -2.17. The van der Waals surface area contributed by atoms with Gasteiger partial charge in [0.2, 0.25) is 0 Å². The number of ether oxygens (including phenoxy) is 2. The average Bonchev–Trinajstić information content (AvgIpc) is 2.61. The molecule has 3 rings (SSSR count). The standard InChI is InChI=1S/C20H18O3/c1-13-9-10-16(14-7-5-4-6-8-14)19-18(13)15(12-21)11-17(22-2)20(19)23-3/h4-12H,1-3H3. The molecule has 0 saturated carbocycles. The number of aldehydes is 1. The molecule has 0 N–H and O–H groups in total. The number of hydrogen-bond donors (Lipinski definition) is 0. The first-order valence-electron chi connectivity index (χ1n) is 7.40. The van der Waals surface area contributed by atoms with Crippen molar-refractivity contribution in [1.82, 2.24) is 0 Å². The van der Waals surface area contributed by atoms with Crippen LogP contribution < -0.4 is 9.47 Å². The quantitative estimate of drug-likeness (QED) is 0.658. The number of fused-ring (bicyclic) bond motifs is 1. The topological polar surface area (TPSA) is 35.5 Å². The van der Waals surface area contributed by atoms with Crippen LogP contribution >= 0.6 is 0 Å². The maximum absolute atomic E-state index is 11.6. The van der Waals surface area contributed by atoms with Crippen molar-refractivity contribution < 1.29 is 14.3 Å².